The van der Waals surface area contributed by atoms with Gasteiger partial charge in [0.15, 0.2) is 11.5 Å². The Hall–Kier alpha value is -1.42. The molecular formula is C15H19ClO4. The largest absolute Gasteiger partial charge is 0.489 e. The predicted molar refractivity (Wildman–Crippen MR) is 77.1 cm³/mol. The summed E-state index contributed by atoms with van der Waals surface area (Å²) in [7, 11) is 0. The molecule has 0 saturated heterocycles. The van der Waals surface area contributed by atoms with Crippen LogP contribution in [-0.4, -0.2) is 24.3 Å². The maximum absolute atomic E-state index is 11.0. The summed E-state index contributed by atoms with van der Waals surface area (Å²) < 4.78 is 11.4. The third-order valence-electron chi connectivity index (χ3n) is 3.54. The first kappa shape index (κ1) is 15.0. The van der Waals surface area contributed by atoms with Crippen LogP contribution in [0.4, 0.5) is 0 Å². The van der Waals surface area contributed by atoms with Crippen LogP contribution < -0.4 is 9.47 Å². The molecule has 1 aliphatic rings. The van der Waals surface area contributed by atoms with E-state index in [-0.39, 0.29) is 6.42 Å². The standard InChI is InChI=1S/C15H19ClO4/c1-9-10(15(2,3)8-12(17)18)7-11(16)14-13(9)19-5-4-6-20-14/h7H,4-6,8H2,1-3H3,(H,17,18). The molecule has 0 spiro atoms. The van der Waals surface area contributed by atoms with Gasteiger partial charge in [-0.1, -0.05) is 25.4 Å². The van der Waals surface area contributed by atoms with Crippen molar-refractivity contribution < 1.29 is 19.4 Å². The number of benzene rings is 1. The van der Waals surface area contributed by atoms with E-state index in [1.807, 2.05) is 20.8 Å². The number of fused-ring (bicyclic) bond motifs is 1. The van der Waals surface area contributed by atoms with Crippen molar-refractivity contribution in [1.82, 2.24) is 0 Å². The summed E-state index contributed by atoms with van der Waals surface area (Å²) in [5, 5.41) is 9.54. The van der Waals surface area contributed by atoms with Gasteiger partial charge in [0.1, 0.15) is 0 Å². The number of carbonyl (C=O) groups is 1. The van der Waals surface area contributed by atoms with Gasteiger partial charge in [0, 0.05) is 11.8 Å². The summed E-state index contributed by atoms with van der Waals surface area (Å²) in [6.07, 6.45) is 0.835. The second kappa shape index (κ2) is 5.52. The van der Waals surface area contributed by atoms with Crippen molar-refractivity contribution in [3.63, 3.8) is 0 Å². The van der Waals surface area contributed by atoms with Gasteiger partial charge in [0.05, 0.1) is 24.7 Å². The van der Waals surface area contributed by atoms with E-state index in [9.17, 15) is 4.79 Å². The summed E-state index contributed by atoms with van der Waals surface area (Å²) in [6, 6.07) is 1.80. The Morgan fingerprint density at radius 2 is 1.95 bits per heavy atom. The quantitative estimate of drug-likeness (QED) is 0.927. The van der Waals surface area contributed by atoms with E-state index in [0.717, 1.165) is 17.5 Å². The van der Waals surface area contributed by atoms with Crippen LogP contribution in [-0.2, 0) is 10.2 Å². The lowest BCUT2D eigenvalue weighted by Gasteiger charge is -2.27. The molecule has 0 bridgehead atoms. The highest BCUT2D eigenvalue weighted by Gasteiger charge is 2.30. The number of ether oxygens (including phenoxy) is 2. The fourth-order valence-corrected chi connectivity index (χ4v) is 2.84. The van der Waals surface area contributed by atoms with Gasteiger partial charge in [0.2, 0.25) is 0 Å². The van der Waals surface area contributed by atoms with E-state index in [0.29, 0.717) is 29.7 Å². The van der Waals surface area contributed by atoms with Crippen molar-refractivity contribution in [3.8, 4) is 11.5 Å². The maximum Gasteiger partial charge on any atom is 0.304 e. The van der Waals surface area contributed by atoms with Crippen LogP contribution in [0.2, 0.25) is 5.02 Å². The Balaban J connectivity index is 2.53. The summed E-state index contributed by atoms with van der Waals surface area (Å²) >= 11 is 6.28. The third kappa shape index (κ3) is 2.85. The lowest BCUT2D eigenvalue weighted by atomic mass is 9.79. The number of carboxylic acid groups (broad SMARTS) is 1. The van der Waals surface area contributed by atoms with Crippen LogP contribution in [0.25, 0.3) is 0 Å². The zero-order valence-electron chi connectivity index (χ0n) is 12.0. The molecule has 0 saturated carbocycles. The van der Waals surface area contributed by atoms with Crippen molar-refractivity contribution in [3.05, 3.63) is 22.2 Å². The van der Waals surface area contributed by atoms with Crippen LogP contribution in [0.15, 0.2) is 6.07 Å². The van der Waals surface area contributed by atoms with Gasteiger partial charge in [-0.2, -0.15) is 0 Å². The van der Waals surface area contributed by atoms with Crippen LogP contribution in [0, 0.1) is 6.92 Å². The molecule has 0 radical (unpaired) electrons. The molecule has 0 aliphatic carbocycles. The van der Waals surface area contributed by atoms with Crippen molar-refractivity contribution in [2.75, 3.05) is 13.2 Å². The average Bonchev–Trinajstić information content (AvgIpc) is 2.57. The summed E-state index contributed by atoms with van der Waals surface area (Å²) in [6.45, 7) is 6.85. The highest BCUT2D eigenvalue weighted by atomic mass is 35.5. The summed E-state index contributed by atoms with van der Waals surface area (Å²) in [5.41, 5.74) is 1.26. The van der Waals surface area contributed by atoms with E-state index >= 15 is 0 Å². The monoisotopic (exact) mass is 298 g/mol. The van der Waals surface area contributed by atoms with Gasteiger partial charge >= 0.3 is 5.97 Å². The fraction of sp³-hybridized carbons (Fsp3) is 0.533. The van der Waals surface area contributed by atoms with Gasteiger partial charge in [-0.15, -0.1) is 0 Å². The molecule has 2 rings (SSSR count). The van der Waals surface area contributed by atoms with Gasteiger partial charge < -0.3 is 14.6 Å². The van der Waals surface area contributed by atoms with Gasteiger partial charge in [-0.25, -0.2) is 0 Å². The molecule has 0 aromatic heterocycles. The molecule has 1 aromatic rings. The number of aliphatic carboxylic acids is 1. The molecule has 110 valence electrons. The first-order valence-corrected chi connectivity index (χ1v) is 7.01. The normalized spacial score (nSPS) is 14.8. The number of carboxylic acids is 1. The molecule has 20 heavy (non-hydrogen) atoms. The van der Waals surface area contributed by atoms with Gasteiger partial charge in [-0.05, 0) is 24.1 Å². The van der Waals surface area contributed by atoms with Crippen molar-refractivity contribution >= 4 is 17.6 Å². The van der Waals surface area contributed by atoms with Crippen LogP contribution in [0.3, 0.4) is 0 Å². The molecule has 0 fully saturated rings. The highest BCUT2D eigenvalue weighted by Crippen LogP contribution is 2.45. The number of hydrogen-bond donors (Lipinski definition) is 1. The molecule has 0 unspecified atom stereocenters. The number of hydrogen-bond acceptors (Lipinski definition) is 3. The molecule has 0 amide bonds. The first-order valence-electron chi connectivity index (χ1n) is 6.64. The lowest BCUT2D eigenvalue weighted by Crippen LogP contribution is -2.23. The van der Waals surface area contributed by atoms with Crippen LogP contribution in [0.5, 0.6) is 11.5 Å². The minimum absolute atomic E-state index is 0.0316. The Labute approximate surface area is 123 Å². The van der Waals surface area contributed by atoms with Gasteiger partial charge in [0.25, 0.3) is 0 Å². The van der Waals surface area contributed by atoms with Crippen molar-refractivity contribution in [2.24, 2.45) is 0 Å². The van der Waals surface area contributed by atoms with E-state index < -0.39 is 11.4 Å². The van der Waals surface area contributed by atoms with E-state index in [1.54, 1.807) is 6.07 Å². The molecule has 1 aromatic carbocycles. The zero-order chi connectivity index (χ0) is 14.9. The summed E-state index contributed by atoms with van der Waals surface area (Å²) in [5.74, 6) is 0.373. The smallest absolute Gasteiger partial charge is 0.304 e. The molecule has 5 heteroatoms. The molecule has 1 heterocycles. The van der Waals surface area contributed by atoms with E-state index in [2.05, 4.69) is 0 Å². The lowest BCUT2D eigenvalue weighted by molar-refractivity contribution is -0.138. The Bertz CT molecular complexity index is 537. The average molecular weight is 299 g/mol. The topological polar surface area (TPSA) is 55.8 Å². The fourth-order valence-electron chi connectivity index (χ4n) is 2.59. The molecule has 0 atom stereocenters. The third-order valence-corrected chi connectivity index (χ3v) is 3.82. The zero-order valence-corrected chi connectivity index (χ0v) is 12.7. The number of halogens is 1. The predicted octanol–water partition coefficient (Wildman–Crippen LogP) is 3.56. The van der Waals surface area contributed by atoms with Crippen LogP contribution >= 0.6 is 11.6 Å². The van der Waals surface area contributed by atoms with Crippen molar-refractivity contribution in [2.45, 2.75) is 39.0 Å². The first-order chi connectivity index (χ1) is 9.33. The Kier molecular flexibility index (Phi) is 4.14. The molecule has 1 N–H and O–H groups in total. The van der Waals surface area contributed by atoms with Crippen molar-refractivity contribution in [1.29, 1.82) is 0 Å². The second-order valence-electron chi connectivity index (χ2n) is 5.69. The summed E-state index contributed by atoms with van der Waals surface area (Å²) in [4.78, 5) is 11.0. The molecule has 4 nitrogen and oxygen atoms in total. The highest BCUT2D eigenvalue weighted by molar-refractivity contribution is 6.32. The minimum atomic E-state index is -0.836. The molecular weight excluding hydrogens is 280 g/mol. The molecule has 1 aliphatic heterocycles. The number of rotatable bonds is 3. The van der Waals surface area contributed by atoms with E-state index in [4.69, 9.17) is 26.2 Å². The Morgan fingerprint density at radius 1 is 1.35 bits per heavy atom. The van der Waals surface area contributed by atoms with E-state index in [1.165, 1.54) is 0 Å². The Morgan fingerprint density at radius 3 is 2.55 bits per heavy atom. The van der Waals surface area contributed by atoms with Crippen LogP contribution in [0.1, 0.15) is 37.8 Å². The minimum Gasteiger partial charge on any atom is -0.489 e. The maximum atomic E-state index is 11.0. The van der Waals surface area contributed by atoms with Gasteiger partial charge in [-0.3, -0.25) is 4.79 Å². The second-order valence-corrected chi connectivity index (χ2v) is 6.10. The SMILES string of the molecule is Cc1c(C(C)(C)CC(=O)O)cc(Cl)c2c1OCCCO2.